The highest BCUT2D eigenvalue weighted by molar-refractivity contribution is 5.99. The normalized spacial score (nSPS) is 10.3. The van der Waals surface area contributed by atoms with E-state index in [-0.39, 0.29) is 22.6 Å². The Hall–Kier alpha value is -4.87. The molecule has 0 atom stereocenters. The largest absolute Gasteiger partial charge is 0.452 e. The van der Waals surface area contributed by atoms with Crippen LogP contribution < -0.4 is 10.6 Å². The quantitative estimate of drug-likeness (QED) is 0.271. The van der Waals surface area contributed by atoms with Crippen LogP contribution in [0.1, 0.15) is 15.9 Å². The highest BCUT2D eigenvalue weighted by Crippen LogP contribution is 2.26. The van der Waals surface area contributed by atoms with E-state index in [1.165, 1.54) is 12.1 Å². The fraction of sp³-hybridized carbons (Fsp3) is 0.0909. The fourth-order valence-corrected chi connectivity index (χ4v) is 2.92. The van der Waals surface area contributed by atoms with Crippen molar-refractivity contribution < 1.29 is 28.6 Å². The van der Waals surface area contributed by atoms with Gasteiger partial charge in [-0.05, 0) is 23.8 Å². The number of esters is 1. The van der Waals surface area contributed by atoms with Crippen LogP contribution >= 0.6 is 0 Å². The molecule has 0 bridgehead atoms. The van der Waals surface area contributed by atoms with Crippen molar-refractivity contribution in [2.75, 3.05) is 17.2 Å². The Morgan fingerprint density at radius 3 is 2.29 bits per heavy atom. The Kier molecular flexibility index (Phi) is 7.44. The second kappa shape index (κ2) is 10.6. The fourth-order valence-electron chi connectivity index (χ4n) is 2.92. The molecule has 11 nitrogen and oxygen atoms in total. The van der Waals surface area contributed by atoms with Gasteiger partial charge in [0.15, 0.2) is 6.61 Å². The summed E-state index contributed by atoms with van der Waals surface area (Å²) in [6.45, 7) is -0.526. The summed E-state index contributed by atoms with van der Waals surface area (Å²) in [5.74, 6) is -2.81. The molecule has 2 N–H and O–H groups in total. The van der Waals surface area contributed by atoms with Crippen LogP contribution in [0.5, 0.6) is 0 Å². The number of hydrogen-bond donors (Lipinski definition) is 2. The third-order valence-electron chi connectivity index (χ3n) is 4.52. The van der Waals surface area contributed by atoms with Crippen molar-refractivity contribution in [1.82, 2.24) is 0 Å². The van der Waals surface area contributed by atoms with Gasteiger partial charge in [-0.25, -0.2) is 9.18 Å². The molecule has 0 fully saturated rings. The maximum absolute atomic E-state index is 13.2. The lowest BCUT2D eigenvalue weighted by atomic mass is 10.1. The van der Waals surface area contributed by atoms with Crippen LogP contribution in [-0.4, -0.2) is 28.3 Å². The average Bonchev–Trinajstić information content (AvgIpc) is 2.82. The molecule has 3 rings (SSSR count). The predicted octanol–water partition coefficient (Wildman–Crippen LogP) is 4.05. The number of carbonyl (C=O) groups excluding carboxylic acids is 2. The summed E-state index contributed by atoms with van der Waals surface area (Å²) in [4.78, 5) is 45.4. The number of nitrogens with one attached hydrogen (secondary N) is 2. The molecule has 12 heteroatoms. The number of hydrogen-bond acceptors (Lipinski definition) is 8. The molecule has 0 saturated heterocycles. The Morgan fingerprint density at radius 1 is 0.912 bits per heavy atom. The number of benzene rings is 3. The molecule has 3 aromatic carbocycles. The lowest BCUT2D eigenvalue weighted by Crippen LogP contribution is -2.22. The average molecular weight is 468 g/mol. The maximum atomic E-state index is 13.2. The van der Waals surface area contributed by atoms with Crippen LogP contribution in [0.25, 0.3) is 0 Å². The summed E-state index contributed by atoms with van der Waals surface area (Å²) >= 11 is 0. The summed E-state index contributed by atoms with van der Waals surface area (Å²) in [6.07, 6.45) is 0. The number of ether oxygens (including phenoxy) is 1. The number of amides is 1. The van der Waals surface area contributed by atoms with Gasteiger partial charge in [0, 0.05) is 24.4 Å². The lowest BCUT2D eigenvalue weighted by molar-refractivity contribution is -0.384. The smallest absolute Gasteiger partial charge is 0.341 e. The standard InChI is InChI=1S/C22H17FN4O7/c23-15-6-8-19(20(10-15)27(32)33)25-21(28)13-34-22(29)17-11-16(26(30)31)7-9-18(17)24-12-14-4-2-1-3-5-14/h1-11,24H,12-13H2,(H,25,28). The van der Waals surface area contributed by atoms with E-state index >= 15 is 0 Å². The van der Waals surface area contributed by atoms with Crippen LogP contribution in [0.3, 0.4) is 0 Å². The molecule has 0 saturated carbocycles. The van der Waals surface area contributed by atoms with Crippen LogP contribution in [0.15, 0.2) is 66.7 Å². The zero-order valence-electron chi connectivity index (χ0n) is 17.4. The first kappa shape index (κ1) is 23.8. The minimum Gasteiger partial charge on any atom is -0.452 e. The van der Waals surface area contributed by atoms with Crippen LogP contribution in [0.2, 0.25) is 0 Å². The van der Waals surface area contributed by atoms with E-state index < -0.39 is 39.8 Å². The van der Waals surface area contributed by atoms with Gasteiger partial charge < -0.3 is 15.4 Å². The summed E-state index contributed by atoms with van der Waals surface area (Å²) in [5.41, 5.74) is -0.359. The molecule has 0 aliphatic carbocycles. The van der Waals surface area contributed by atoms with Gasteiger partial charge in [-0.1, -0.05) is 30.3 Å². The van der Waals surface area contributed by atoms with Crippen molar-refractivity contribution in [2.45, 2.75) is 6.54 Å². The second-order valence-corrected chi connectivity index (χ2v) is 6.87. The van der Waals surface area contributed by atoms with Crippen molar-refractivity contribution >= 4 is 34.6 Å². The molecular formula is C22H17FN4O7. The molecular weight excluding hydrogens is 451 g/mol. The highest BCUT2D eigenvalue weighted by Gasteiger charge is 2.21. The third-order valence-corrected chi connectivity index (χ3v) is 4.52. The van der Waals surface area contributed by atoms with Crippen LogP contribution in [-0.2, 0) is 16.1 Å². The van der Waals surface area contributed by atoms with Gasteiger partial charge >= 0.3 is 5.97 Å². The zero-order chi connectivity index (χ0) is 24.7. The molecule has 34 heavy (non-hydrogen) atoms. The van der Waals surface area contributed by atoms with E-state index in [0.717, 1.165) is 23.8 Å². The SMILES string of the molecule is O=C(COC(=O)c1cc([N+](=O)[O-])ccc1NCc1ccccc1)Nc1ccc(F)cc1[N+](=O)[O-]. The number of nitro benzene ring substituents is 2. The van der Waals surface area contributed by atoms with Crippen molar-refractivity contribution in [3.8, 4) is 0 Å². The molecule has 1 amide bonds. The van der Waals surface area contributed by atoms with E-state index in [4.69, 9.17) is 4.74 Å². The van der Waals surface area contributed by atoms with Gasteiger partial charge in [-0.2, -0.15) is 0 Å². The molecule has 0 aliphatic rings. The van der Waals surface area contributed by atoms with E-state index in [9.17, 15) is 34.2 Å². The highest BCUT2D eigenvalue weighted by atomic mass is 19.1. The first-order valence-electron chi connectivity index (χ1n) is 9.71. The summed E-state index contributed by atoms with van der Waals surface area (Å²) in [6, 6.07) is 15.3. The molecule has 0 unspecified atom stereocenters. The van der Waals surface area contributed by atoms with Gasteiger partial charge in [-0.15, -0.1) is 0 Å². The summed E-state index contributed by atoms with van der Waals surface area (Å²) in [5, 5.41) is 27.3. The maximum Gasteiger partial charge on any atom is 0.341 e. The van der Waals surface area contributed by atoms with Gasteiger partial charge in [-0.3, -0.25) is 25.0 Å². The number of rotatable bonds is 9. The summed E-state index contributed by atoms with van der Waals surface area (Å²) in [7, 11) is 0. The van der Waals surface area contributed by atoms with Gasteiger partial charge in [0.1, 0.15) is 11.5 Å². The minimum atomic E-state index is -1.02. The van der Waals surface area contributed by atoms with E-state index in [1.807, 2.05) is 30.3 Å². The van der Waals surface area contributed by atoms with Crippen molar-refractivity contribution in [1.29, 1.82) is 0 Å². The third kappa shape index (κ3) is 6.09. The zero-order valence-corrected chi connectivity index (χ0v) is 17.4. The number of anilines is 2. The minimum absolute atomic E-state index is 0.175. The molecule has 0 spiro atoms. The monoisotopic (exact) mass is 468 g/mol. The Balaban J connectivity index is 1.71. The number of nitrogens with zero attached hydrogens (tertiary/aromatic N) is 2. The second-order valence-electron chi connectivity index (χ2n) is 6.87. The first-order chi connectivity index (χ1) is 16.2. The predicted molar refractivity (Wildman–Crippen MR) is 119 cm³/mol. The molecule has 0 heterocycles. The number of non-ortho nitro benzene ring substituents is 1. The van der Waals surface area contributed by atoms with Crippen molar-refractivity contribution in [3.63, 3.8) is 0 Å². The number of halogens is 1. The molecule has 0 radical (unpaired) electrons. The van der Waals surface area contributed by atoms with Crippen LogP contribution in [0, 0.1) is 26.0 Å². The first-order valence-corrected chi connectivity index (χ1v) is 9.71. The number of carbonyl (C=O) groups is 2. The lowest BCUT2D eigenvalue weighted by Gasteiger charge is -2.12. The topological polar surface area (TPSA) is 154 Å². The van der Waals surface area contributed by atoms with E-state index in [1.54, 1.807) is 0 Å². The molecule has 174 valence electrons. The van der Waals surface area contributed by atoms with Crippen molar-refractivity contribution in [3.05, 3.63) is 104 Å². The Morgan fingerprint density at radius 2 is 1.62 bits per heavy atom. The van der Waals surface area contributed by atoms with Gasteiger partial charge in [0.05, 0.1) is 21.5 Å². The van der Waals surface area contributed by atoms with Gasteiger partial charge in [0.2, 0.25) is 0 Å². The molecule has 3 aromatic rings. The molecule has 0 aliphatic heterocycles. The van der Waals surface area contributed by atoms with E-state index in [0.29, 0.717) is 12.6 Å². The Labute approximate surface area is 191 Å². The van der Waals surface area contributed by atoms with E-state index in [2.05, 4.69) is 10.6 Å². The Bertz CT molecular complexity index is 1250. The van der Waals surface area contributed by atoms with Gasteiger partial charge in [0.25, 0.3) is 17.3 Å². The molecule has 0 aromatic heterocycles. The number of nitro groups is 2. The van der Waals surface area contributed by atoms with Crippen LogP contribution in [0.4, 0.5) is 27.1 Å². The summed E-state index contributed by atoms with van der Waals surface area (Å²) < 4.78 is 18.2. The van der Waals surface area contributed by atoms with Crippen molar-refractivity contribution in [2.24, 2.45) is 0 Å².